The Morgan fingerprint density at radius 1 is 0.929 bits per heavy atom. The van der Waals surface area contributed by atoms with Gasteiger partial charge in [0.2, 0.25) is 0 Å². The number of aliphatic hydroxyl groups is 2. The van der Waals surface area contributed by atoms with Gasteiger partial charge in [0.1, 0.15) is 6.17 Å². The van der Waals surface area contributed by atoms with Crippen LogP contribution in [0, 0.1) is 0 Å². The molecule has 0 aromatic carbocycles. The van der Waals surface area contributed by atoms with Crippen LogP contribution in [0.3, 0.4) is 0 Å². The first-order chi connectivity index (χ1) is 6.59. The number of hydrogen-bond acceptors (Lipinski definition) is 2. The third-order valence-corrected chi connectivity index (χ3v) is 1.99. The first kappa shape index (κ1) is 13.7. The van der Waals surface area contributed by atoms with Gasteiger partial charge in [-0.25, -0.2) is 8.78 Å². The maximum absolute atomic E-state index is 12.8. The van der Waals surface area contributed by atoms with Crippen molar-refractivity contribution in [3.8, 4) is 0 Å². The third-order valence-electron chi connectivity index (χ3n) is 1.99. The fraction of sp³-hybridized carbons (Fsp3) is 1.00. The maximum Gasteiger partial charge on any atom is 0.186 e. The van der Waals surface area contributed by atoms with Gasteiger partial charge in [0.05, 0.1) is 6.67 Å². The molecule has 14 heavy (non-hydrogen) atoms. The first-order valence-corrected chi connectivity index (χ1v) is 4.80. The summed E-state index contributed by atoms with van der Waals surface area (Å²) in [4.78, 5) is 0. The van der Waals surface area contributed by atoms with Gasteiger partial charge >= 0.3 is 0 Å². The van der Waals surface area contributed by atoms with E-state index in [4.69, 9.17) is 10.2 Å². The van der Waals surface area contributed by atoms with Crippen molar-refractivity contribution < 1.29 is 23.4 Å². The molecule has 0 fully saturated rings. The van der Waals surface area contributed by atoms with Gasteiger partial charge in [-0.3, -0.25) is 4.39 Å². The Labute approximate surface area is 81.7 Å². The summed E-state index contributed by atoms with van der Waals surface area (Å²) in [7, 11) is 0. The average Bonchev–Trinajstić information content (AvgIpc) is 2.16. The Balaban J connectivity index is 3.39. The van der Waals surface area contributed by atoms with Crippen LogP contribution in [0.15, 0.2) is 0 Å². The van der Waals surface area contributed by atoms with Crippen LogP contribution < -0.4 is 0 Å². The minimum Gasteiger partial charge on any atom is -0.366 e. The predicted molar refractivity (Wildman–Crippen MR) is 47.1 cm³/mol. The lowest BCUT2D eigenvalue weighted by Crippen LogP contribution is -2.30. The zero-order chi connectivity index (χ0) is 11.0. The lowest BCUT2D eigenvalue weighted by atomic mass is 10.1. The van der Waals surface area contributed by atoms with Crippen LogP contribution in [0.2, 0.25) is 0 Å². The molecule has 0 heterocycles. The molecule has 0 saturated heterocycles. The Hall–Kier alpha value is -0.290. The van der Waals surface area contributed by atoms with Crippen molar-refractivity contribution in [2.24, 2.45) is 0 Å². The summed E-state index contributed by atoms with van der Waals surface area (Å²) in [6.45, 7) is -0.389. The topological polar surface area (TPSA) is 40.5 Å². The van der Waals surface area contributed by atoms with E-state index in [2.05, 4.69) is 0 Å². The Morgan fingerprint density at radius 2 is 1.50 bits per heavy atom. The fourth-order valence-corrected chi connectivity index (χ4v) is 1.13. The van der Waals surface area contributed by atoms with Gasteiger partial charge in [-0.1, -0.05) is 19.3 Å². The SMILES string of the molecule is OC(O)C(F)C(F)CCCCCCF. The summed E-state index contributed by atoms with van der Waals surface area (Å²) in [5, 5.41) is 16.6. The smallest absolute Gasteiger partial charge is 0.186 e. The number of hydrogen-bond donors (Lipinski definition) is 2. The lowest BCUT2D eigenvalue weighted by Gasteiger charge is -2.14. The van der Waals surface area contributed by atoms with Crippen molar-refractivity contribution in [2.45, 2.75) is 50.7 Å². The molecule has 0 rings (SSSR count). The molecule has 0 aromatic heterocycles. The van der Waals surface area contributed by atoms with Crippen LogP contribution in [0.5, 0.6) is 0 Å². The quantitative estimate of drug-likeness (QED) is 0.478. The van der Waals surface area contributed by atoms with Crippen LogP contribution in [-0.4, -0.2) is 35.5 Å². The molecule has 2 unspecified atom stereocenters. The number of halogens is 3. The Bertz CT molecular complexity index is 133. The van der Waals surface area contributed by atoms with Crippen molar-refractivity contribution in [1.82, 2.24) is 0 Å². The van der Waals surface area contributed by atoms with Gasteiger partial charge in [0, 0.05) is 0 Å². The number of aliphatic hydroxyl groups excluding tert-OH is 1. The molecule has 0 aromatic rings. The van der Waals surface area contributed by atoms with Crippen molar-refractivity contribution in [2.75, 3.05) is 6.67 Å². The molecule has 86 valence electrons. The second-order valence-electron chi connectivity index (χ2n) is 3.27. The van der Waals surface area contributed by atoms with Gasteiger partial charge in [-0.15, -0.1) is 0 Å². The predicted octanol–water partition coefficient (Wildman–Crippen LogP) is 1.89. The van der Waals surface area contributed by atoms with Crippen molar-refractivity contribution in [3.05, 3.63) is 0 Å². The second-order valence-corrected chi connectivity index (χ2v) is 3.27. The molecule has 2 nitrogen and oxygen atoms in total. The molecule has 0 aliphatic heterocycles. The normalized spacial score (nSPS) is 15.9. The minimum absolute atomic E-state index is 0.0505. The number of rotatable bonds is 8. The maximum atomic E-state index is 12.8. The Kier molecular flexibility index (Phi) is 7.89. The molecular weight excluding hydrogens is 197 g/mol. The van der Waals surface area contributed by atoms with E-state index in [1.54, 1.807) is 0 Å². The van der Waals surface area contributed by atoms with Crippen molar-refractivity contribution in [1.29, 1.82) is 0 Å². The highest BCUT2D eigenvalue weighted by molar-refractivity contribution is 4.69. The summed E-state index contributed by atoms with van der Waals surface area (Å²) < 4.78 is 37.0. The van der Waals surface area contributed by atoms with Crippen molar-refractivity contribution >= 4 is 0 Å². The Morgan fingerprint density at radius 3 is 2.00 bits per heavy atom. The molecule has 0 aliphatic carbocycles. The van der Waals surface area contributed by atoms with Gasteiger partial charge in [-0.05, 0) is 12.8 Å². The van der Waals surface area contributed by atoms with Crippen LogP contribution in [0.25, 0.3) is 0 Å². The summed E-state index contributed by atoms with van der Waals surface area (Å²) in [5.74, 6) is 0. The van der Waals surface area contributed by atoms with E-state index in [9.17, 15) is 13.2 Å². The highest BCUT2D eigenvalue weighted by atomic mass is 19.2. The molecule has 0 radical (unpaired) electrons. The lowest BCUT2D eigenvalue weighted by molar-refractivity contribution is -0.115. The van der Waals surface area contributed by atoms with E-state index < -0.39 is 18.6 Å². The molecule has 2 atom stereocenters. The van der Waals surface area contributed by atoms with Crippen LogP contribution in [0.1, 0.15) is 32.1 Å². The highest BCUT2D eigenvalue weighted by Gasteiger charge is 2.25. The monoisotopic (exact) mass is 214 g/mol. The molecular formula is C9H17F3O2. The van der Waals surface area contributed by atoms with Crippen LogP contribution in [0.4, 0.5) is 13.2 Å². The molecule has 5 heteroatoms. The fourth-order valence-electron chi connectivity index (χ4n) is 1.13. The summed E-state index contributed by atoms with van der Waals surface area (Å²) >= 11 is 0. The second kappa shape index (κ2) is 8.05. The summed E-state index contributed by atoms with van der Waals surface area (Å²) in [6.07, 6.45) is -4.22. The van der Waals surface area contributed by atoms with Gasteiger partial charge < -0.3 is 10.2 Å². The van der Waals surface area contributed by atoms with E-state index in [1.165, 1.54) is 0 Å². The van der Waals surface area contributed by atoms with Crippen molar-refractivity contribution in [3.63, 3.8) is 0 Å². The first-order valence-electron chi connectivity index (χ1n) is 4.80. The van der Waals surface area contributed by atoms with E-state index in [-0.39, 0.29) is 13.1 Å². The van der Waals surface area contributed by atoms with Gasteiger partial charge in [0.15, 0.2) is 12.5 Å². The number of alkyl halides is 3. The van der Waals surface area contributed by atoms with Crippen LogP contribution in [-0.2, 0) is 0 Å². The molecule has 0 bridgehead atoms. The van der Waals surface area contributed by atoms with Gasteiger partial charge in [-0.2, -0.15) is 0 Å². The molecule has 0 amide bonds. The average molecular weight is 214 g/mol. The van der Waals surface area contributed by atoms with E-state index >= 15 is 0 Å². The summed E-state index contributed by atoms with van der Waals surface area (Å²) in [5.41, 5.74) is 0. The molecule has 0 saturated carbocycles. The van der Waals surface area contributed by atoms with E-state index in [0.717, 1.165) is 0 Å². The molecule has 0 aliphatic rings. The number of unbranched alkanes of at least 4 members (excludes halogenated alkanes) is 3. The zero-order valence-corrected chi connectivity index (χ0v) is 8.00. The summed E-state index contributed by atoms with van der Waals surface area (Å²) in [6, 6.07) is 0. The minimum atomic E-state index is -2.25. The largest absolute Gasteiger partial charge is 0.366 e. The van der Waals surface area contributed by atoms with E-state index in [1.807, 2.05) is 0 Å². The van der Waals surface area contributed by atoms with E-state index in [0.29, 0.717) is 25.7 Å². The highest BCUT2D eigenvalue weighted by Crippen LogP contribution is 2.15. The molecule has 0 spiro atoms. The standard InChI is InChI=1S/C9H17F3O2/c10-6-4-2-1-3-5-7(11)8(12)9(13)14/h7-9,13-14H,1-6H2. The van der Waals surface area contributed by atoms with Gasteiger partial charge in [0.25, 0.3) is 0 Å². The molecule has 2 N–H and O–H groups in total. The third kappa shape index (κ3) is 6.21. The zero-order valence-electron chi connectivity index (χ0n) is 8.00. The van der Waals surface area contributed by atoms with Crippen LogP contribution >= 0.6 is 0 Å².